The Balaban J connectivity index is 2.51. The number of hydrogen-bond donors (Lipinski definition) is 4. The summed E-state index contributed by atoms with van der Waals surface area (Å²) >= 11 is 2.36. The molecule has 0 saturated carbocycles. The van der Waals surface area contributed by atoms with Crippen molar-refractivity contribution in [2.75, 3.05) is 13.6 Å². The van der Waals surface area contributed by atoms with E-state index in [1.807, 2.05) is 7.05 Å². The minimum Gasteiger partial charge on any atom is -0.380 e. The van der Waals surface area contributed by atoms with Gasteiger partial charge in [-0.05, 0) is 78.7 Å². The molecule has 0 fully saturated rings. The van der Waals surface area contributed by atoms with Gasteiger partial charge in [-0.3, -0.25) is 5.32 Å². The Morgan fingerprint density at radius 3 is 2.73 bits per heavy atom. The van der Waals surface area contributed by atoms with Crippen LogP contribution in [0.5, 0.6) is 0 Å². The number of aliphatic hydroxyl groups is 1. The summed E-state index contributed by atoms with van der Waals surface area (Å²) in [6.45, 7) is 6.77. The number of rotatable bonds is 6. The maximum atomic E-state index is 9.54. The lowest BCUT2D eigenvalue weighted by Crippen LogP contribution is -2.39. The molecular weight excluding hydrogens is 389 g/mol. The molecule has 1 aromatic carbocycles. The zero-order valence-corrected chi connectivity index (χ0v) is 15.9. The molecule has 4 N–H and O–H groups in total. The molecule has 0 spiro atoms. The topological polar surface area (TPSA) is 56.3 Å². The lowest BCUT2D eigenvalue weighted by atomic mass is 9.85. The first-order valence-electron chi connectivity index (χ1n) is 7.86. The van der Waals surface area contributed by atoms with Gasteiger partial charge in [0.2, 0.25) is 0 Å². The fourth-order valence-electron chi connectivity index (χ4n) is 3.06. The van der Waals surface area contributed by atoms with E-state index in [-0.39, 0.29) is 6.04 Å². The van der Waals surface area contributed by atoms with Crippen LogP contribution in [-0.2, 0) is 0 Å². The molecule has 22 heavy (non-hydrogen) atoms. The molecule has 0 aliphatic carbocycles. The van der Waals surface area contributed by atoms with Gasteiger partial charge in [-0.25, -0.2) is 0 Å². The summed E-state index contributed by atoms with van der Waals surface area (Å²) in [7, 11) is 2.01. The average molecular weight is 415 g/mol. The van der Waals surface area contributed by atoms with E-state index in [4.69, 9.17) is 0 Å². The molecule has 2 rings (SSSR count). The van der Waals surface area contributed by atoms with E-state index in [1.165, 1.54) is 26.0 Å². The summed E-state index contributed by atoms with van der Waals surface area (Å²) in [5.41, 5.74) is 5.14. The number of nitrogens with one attached hydrogen (secondary N) is 3. The second kappa shape index (κ2) is 7.77. The van der Waals surface area contributed by atoms with Gasteiger partial charge in [-0.15, -0.1) is 0 Å². The van der Waals surface area contributed by atoms with Gasteiger partial charge in [-0.1, -0.05) is 13.0 Å². The summed E-state index contributed by atoms with van der Waals surface area (Å²) in [5, 5.41) is 19.7. The van der Waals surface area contributed by atoms with E-state index in [9.17, 15) is 5.11 Å². The fraction of sp³-hybridized carbons (Fsp3) is 0.529. The van der Waals surface area contributed by atoms with Crippen molar-refractivity contribution >= 4 is 28.2 Å². The second-order valence-electron chi connectivity index (χ2n) is 5.80. The van der Waals surface area contributed by atoms with Crippen molar-refractivity contribution in [1.29, 1.82) is 0 Å². The minimum absolute atomic E-state index is 0.272. The predicted molar refractivity (Wildman–Crippen MR) is 100 cm³/mol. The lowest BCUT2D eigenvalue weighted by Gasteiger charge is -2.34. The van der Waals surface area contributed by atoms with Crippen LogP contribution in [0, 0.1) is 3.57 Å². The zero-order valence-electron chi connectivity index (χ0n) is 13.7. The molecule has 1 heterocycles. The number of likely N-dealkylation sites (N-methyl/N-ethyl adjacent to an activating group) is 1. The first kappa shape index (κ1) is 17.7. The van der Waals surface area contributed by atoms with Crippen LogP contribution >= 0.6 is 22.6 Å². The summed E-state index contributed by atoms with van der Waals surface area (Å²) in [6, 6.07) is 7.22. The van der Waals surface area contributed by atoms with Crippen molar-refractivity contribution in [2.24, 2.45) is 0 Å². The Morgan fingerprint density at radius 1 is 1.41 bits per heavy atom. The molecule has 0 aromatic heterocycles. The average Bonchev–Trinajstić information content (AvgIpc) is 2.49. The molecule has 1 unspecified atom stereocenters. The maximum absolute atomic E-state index is 9.54. The van der Waals surface area contributed by atoms with E-state index in [0.717, 1.165) is 6.42 Å². The summed E-state index contributed by atoms with van der Waals surface area (Å²) in [5.74, 6) is 0. The first-order valence-corrected chi connectivity index (χ1v) is 8.93. The van der Waals surface area contributed by atoms with Gasteiger partial charge in [0.15, 0.2) is 0 Å². The quantitative estimate of drug-likeness (QED) is 0.426. The normalized spacial score (nSPS) is 20.4. The van der Waals surface area contributed by atoms with Gasteiger partial charge < -0.3 is 15.7 Å². The van der Waals surface area contributed by atoms with E-state index in [1.54, 1.807) is 6.92 Å². The van der Waals surface area contributed by atoms with Gasteiger partial charge in [0.25, 0.3) is 0 Å². The Bertz CT molecular complexity index is 553. The van der Waals surface area contributed by atoms with Crippen LogP contribution in [0.25, 0.3) is 5.57 Å². The Hall–Kier alpha value is -0.630. The molecule has 122 valence electrons. The smallest absolute Gasteiger partial charge is 0.102 e. The van der Waals surface area contributed by atoms with Crippen LogP contribution in [0.2, 0.25) is 0 Å². The second-order valence-corrected chi connectivity index (χ2v) is 7.04. The molecule has 4 nitrogen and oxygen atoms in total. The summed E-state index contributed by atoms with van der Waals surface area (Å²) < 4.78 is 1.26. The number of aliphatic hydroxyl groups excluding tert-OH is 1. The molecule has 0 amide bonds. The van der Waals surface area contributed by atoms with Crippen LogP contribution in [0.15, 0.2) is 23.9 Å². The van der Waals surface area contributed by atoms with Crippen molar-refractivity contribution in [3.63, 3.8) is 0 Å². The standard InChI is InChI=1S/C17H26IN3O/c1-5-15(19-4)17-13-7-6-12(18)8-14(13)10(2)21-16(17)9-20-11(3)22/h6-8,10-11,15,19-22H,5,9H2,1-4H3/t10-,11?,15-/m1/s1. The van der Waals surface area contributed by atoms with Crippen LogP contribution in [0.3, 0.4) is 0 Å². The van der Waals surface area contributed by atoms with Gasteiger partial charge in [0, 0.05) is 27.9 Å². The highest BCUT2D eigenvalue weighted by atomic mass is 127. The van der Waals surface area contributed by atoms with E-state index >= 15 is 0 Å². The summed E-state index contributed by atoms with van der Waals surface area (Å²) in [6.07, 6.45) is 0.504. The molecule has 0 saturated heterocycles. The molecule has 3 atom stereocenters. The van der Waals surface area contributed by atoms with E-state index < -0.39 is 6.23 Å². The van der Waals surface area contributed by atoms with E-state index in [0.29, 0.717) is 12.6 Å². The molecule has 1 aromatic rings. The Labute approximate surface area is 146 Å². The van der Waals surface area contributed by atoms with Crippen molar-refractivity contribution < 1.29 is 5.11 Å². The van der Waals surface area contributed by atoms with Crippen LogP contribution in [-0.4, -0.2) is 31.0 Å². The monoisotopic (exact) mass is 415 g/mol. The molecular formula is C17H26IN3O. The fourth-order valence-corrected chi connectivity index (χ4v) is 3.58. The highest BCUT2D eigenvalue weighted by Crippen LogP contribution is 2.35. The van der Waals surface area contributed by atoms with Gasteiger partial charge in [-0.2, -0.15) is 0 Å². The van der Waals surface area contributed by atoms with Gasteiger partial charge in [0.1, 0.15) is 6.23 Å². The molecule has 0 bridgehead atoms. The third-order valence-electron chi connectivity index (χ3n) is 4.17. The van der Waals surface area contributed by atoms with Crippen molar-refractivity contribution in [3.8, 4) is 0 Å². The predicted octanol–water partition coefficient (Wildman–Crippen LogP) is 2.59. The number of hydrogen-bond acceptors (Lipinski definition) is 4. The van der Waals surface area contributed by atoms with Crippen molar-refractivity contribution in [1.82, 2.24) is 16.0 Å². The van der Waals surface area contributed by atoms with Crippen LogP contribution < -0.4 is 16.0 Å². The van der Waals surface area contributed by atoms with Crippen LogP contribution in [0.4, 0.5) is 0 Å². The Kier molecular flexibility index (Phi) is 6.26. The molecule has 5 heteroatoms. The largest absolute Gasteiger partial charge is 0.380 e. The van der Waals surface area contributed by atoms with Crippen molar-refractivity contribution in [3.05, 3.63) is 38.6 Å². The number of fused-ring (bicyclic) bond motifs is 1. The highest BCUT2D eigenvalue weighted by molar-refractivity contribution is 14.1. The number of halogens is 1. The summed E-state index contributed by atoms with van der Waals surface area (Å²) in [4.78, 5) is 0. The van der Waals surface area contributed by atoms with Crippen molar-refractivity contribution in [2.45, 2.75) is 45.5 Å². The molecule has 0 radical (unpaired) electrons. The molecule has 1 aliphatic rings. The third-order valence-corrected chi connectivity index (χ3v) is 4.84. The molecule has 1 aliphatic heterocycles. The zero-order chi connectivity index (χ0) is 16.3. The first-order chi connectivity index (χ1) is 10.5. The van der Waals surface area contributed by atoms with Crippen LogP contribution in [0.1, 0.15) is 44.4 Å². The lowest BCUT2D eigenvalue weighted by molar-refractivity contribution is 0.160. The third kappa shape index (κ3) is 3.82. The van der Waals surface area contributed by atoms with Gasteiger partial charge >= 0.3 is 0 Å². The van der Waals surface area contributed by atoms with E-state index in [2.05, 4.69) is 70.6 Å². The highest BCUT2D eigenvalue weighted by Gasteiger charge is 2.27. The Morgan fingerprint density at radius 2 is 2.14 bits per heavy atom. The number of benzene rings is 1. The van der Waals surface area contributed by atoms with Gasteiger partial charge in [0.05, 0.1) is 0 Å². The SMILES string of the molecule is CC[C@@H](NC)C1=C(CNC(C)O)N[C@H](C)c2cc(I)ccc21. The minimum atomic E-state index is -0.515. The maximum Gasteiger partial charge on any atom is 0.102 e.